The van der Waals surface area contributed by atoms with Crippen molar-refractivity contribution in [2.75, 3.05) is 0 Å². The first-order valence-electron chi connectivity index (χ1n) is 7.42. The fourth-order valence-corrected chi connectivity index (χ4v) is 3.62. The van der Waals surface area contributed by atoms with E-state index in [1.54, 1.807) is 6.07 Å². The highest BCUT2D eigenvalue weighted by Gasteiger charge is 2.13. The van der Waals surface area contributed by atoms with E-state index in [0.29, 0.717) is 21.8 Å². The number of hydrogen-bond acceptors (Lipinski definition) is 4. The second-order valence-electron chi connectivity index (χ2n) is 5.51. The molecule has 24 heavy (non-hydrogen) atoms. The molecule has 0 unspecified atom stereocenters. The maximum Gasteiger partial charge on any atom is 0.262 e. The summed E-state index contributed by atoms with van der Waals surface area (Å²) in [7, 11) is 0. The molecule has 0 aliphatic heterocycles. The van der Waals surface area contributed by atoms with Gasteiger partial charge in [0.05, 0.1) is 11.7 Å². The van der Waals surface area contributed by atoms with Crippen LogP contribution in [0.2, 0.25) is 5.02 Å². The molecule has 1 N–H and O–H groups in total. The molecule has 0 saturated heterocycles. The summed E-state index contributed by atoms with van der Waals surface area (Å²) in [5.41, 5.74) is 1.57. The molecule has 0 aliphatic carbocycles. The highest BCUT2D eigenvalue weighted by Crippen LogP contribution is 2.25. The van der Waals surface area contributed by atoms with E-state index in [1.807, 2.05) is 32.0 Å². The van der Waals surface area contributed by atoms with Crippen molar-refractivity contribution in [3.05, 3.63) is 62.0 Å². The van der Waals surface area contributed by atoms with Crippen LogP contribution in [-0.4, -0.2) is 15.5 Å². The summed E-state index contributed by atoms with van der Waals surface area (Å²) in [5.74, 6) is -0.261. The van der Waals surface area contributed by atoms with Crippen LogP contribution in [0.3, 0.4) is 0 Å². The number of hydrogen-bond donors (Lipinski definition) is 1. The second kappa shape index (κ2) is 6.75. The van der Waals surface area contributed by atoms with Crippen LogP contribution in [0, 0.1) is 13.8 Å². The molecule has 0 bridgehead atoms. The maximum atomic E-state index is 12.6. The number of carbonyl (C=O) groups excluding carboxylic acids is 1. The van der Waals surface area contributed by atoms with Crippen molar-refractivity contribution in [3.63, 3.8) is 0 Å². The van der Waals surface area contributed by atoms with E-state index < -0.39 is 0 Å². The van der Waals surface area contributed by atoms with Crippen LogP contribution < -0.4 is 10.9 Å². The number of rotatable bonds is 4. The van der Waals surface area contributed by atoms with Crippen LogP contribution in [0.4, 0.5) is 0 Å². The van der Waals surface area contributed by atoms with Gasteiger partial charge in [-0.3, -0.25) is 14.2 Å². The number of nitrogens with zero attached hydrogens (tertiary/aromatic N) is 2. The summed E-state index contributed by atoms with van der Waals surface area (Å²) in [6, 6.07) is 7.31. The number of carbonyl (C=O) groups is 1. The van der Waals surface area contributed by atoms with Gasteiger partial charge in [-0.2, -0.15) is 0 Å². The van der Waals surface area contributed by atoms with Crippen LogP contribution in [0.5, 0.6) is 0 Å². The van der Waals surface area contributed by atoms with Crippen molar-refractivity contribution in [2.45, 2.75) is 26.9 Å². The summed E-state index contributed by atoms with van der Waals surface area (Å²) < 4.78 is 1.34. The predicted octanol–water partition coefficient (Wildman–Crippen LogP) is 3.04. The number of benzene rings is 1. The second-order valence-corrected chi connectivity index (χ2v) is 7.12. The van der Waals surface area contributed by atoms with Gasteiger partial charge in [-0.15, -0.1) is 11.3 Å². The van der Waals surface area contributed by atoms with Gasteiger partial charge in [0.25, 0.3) is 5.56 Å². The number of nitrogens with one attached hydrogen (secondary N) is 1. The normalized spacial score (nSPS) is 11.0. The number of amides is 1. The molecule has 3 rings (SSSR count). The molecule has 3 aromatic rings. The van der Waals surface area contributed by atoms with Gasteiger partial charge in [0.1, 0.15) is 11.4 Å². The van der Waals surface area contributed by atoms with Gasteiger partial charge >= 0.3 is 0 Å². The third-order valence-corrected chi connectivity index (χ3v) is 5.39. The first-order chi connectivity index (χ1) is 11.5. The third-order valence-electron chi connectivity index (χ3n) is 3.90. The molecule has 0 saturated carbocycles. The fourth-order valence-electron chi connectivity index (χ4n) is 2.43. The largest absolute Gasteiger partial charge is 0.350 e. The molecule has 1 aromatic carbocycles. The monoisotopic (exact) mass is 361 g/mol. The first kappa shape index (κ1) is 16.7. The number of fused-ring (bicyclic) bond motifs is 1. The molecule has 7 heteroatoms. The molecule has 0 radical (unpaired) electrons. The van der Waals surface area contributed by atoms with Crippen molar-refractivity contribution in [1.82, 2.24) is 14.9 Å². The zero-order valence-electron chi connectivity index (χ0n) is 13.3. The number of thiophene rings is 1. The number of aryl methyl sites for hydroxylation is 2. The van der Waals surface area contributed by atoms with Crippen molar-refractivity contribution in [3.8, 4) is 0 Å². The molecule has 124 valence electrons. The van der Waals surface area contributed by atoms with Crippen LogP contribution in [-0.2, 0) is 17.9 Å². The molecule has 2 heterocycles. The summed E-state index contributed by atoms with van der Waals surface area (Å²) in [6.07, 6.45) is 1.43. The molecule has 5 nitrogen and oxygen atoms in total. The molecular formula is C17H16ClN3O2S. The molecule has 2 aromatic heterocycles. The Morgan fingerprint density at radius 1 is 1.33 bits per heavy atom. The van der Waals surface area contributed by atoms with E-state index in [2.05, 4.69) is 10.3 Å². The highest BCUT2D eigenvalue weighted by atomic mass is 35.5. The Morgan fingerprint density at radius 2 is 2.08 bits per heavy atom. The summed E-state index contributed by atoms with van der Waals surface area (Å²) >= 11 is 7.55. The van der Waals surface area contributed by atoms with Crippen LogP contribution in [0.25, 0.3) is 10.2 Å². The van der Waals surface area contributed by atoms with Crippen LogP contribution in [0.15, 0.2) is 35.4 Å². The first-order valence-corrected chi connectivity index (χ1v) is 8.62. The lowest BCUT2D eigenvalue weighted by molar-refractivity contribution is -0.121. The van der Waals surface area contributed by atoms with Crippen LogP contribution in [0.1, 0.15) is 16.0 Å². The van der Waals surface area contributed by atoms with Crippen molar-refractivity contribution < 1.29 is 4.79 Å². The van der Waals surface area contributed by atoms with Gasteiger partial charge in [-0.05, 0) is 31.0 Å². The minimum Gasteiger partial charge on any atom is -0.350 e. The zero-order valence-corrected chi connectivity index (χ0v) is 14.9. The van der Waals surface area contributed by atoms with E-state index in [-0.39, 0.29) is 18.0 Å². The van der Waals surface area contributed by atoms with Gasteiger partial charge in [0.2, 0.25) is 5.91 Å². The third kappa shape index (κ3) is 3.20. The molecule has 0 spiro atoms. The summed E-state index contributed by atoms with van der Waals surface area (Å²) in [5, 5.41) is 3.97. The fraction of sp³-hybridized carbons (Fsp3) is 0.235. The Kier molecular flexibility index (Phi) is 4.69. The van der Waals surface area contributed by atoms with Crippen molar-refractivity contribution in [2.24, 2.45) is 0 Å². The van der Waals surface area contributed by atoms with Crippen LogP contribution >= 0.6 is 22.9 Å². The van der Waals surface area contributed by atoms with Gasteiger partial charge in [0.15, 0.2) is 0 Å². The van der Waals surface area contributed by atoms with Crippen molar-refractivity contribution >= 4 is 39.1 Å². The molecule has 1 amide bonds. The Hall–Kier alpha value is -2.18. The SMILES string of the molecule is Cc1sc2ncn(CC(=O)NCc3ccccc3Cl)c(=O)c2c1C. The van der Waals surface area contributed by atoms with E-state index >= 15 is 0 Å². The minimum absolute atomic E-state index is 0.0689. The Bertz CT molecular complexity index is 978. The number of halogens is 1. The van der Waals surface area contributed by atoms with Crippen molar-refractivity contribution in [1.29, 1.82) is 0 Å². The standard InChI is InChI=1S/C17H16ClN3O2S/c1-10-11(2)24-16-15(10)17(23)21(9-20-16)8-14(22)19-7-12-5-3-4-6-13(12)18/h3-6,9H,7-8H2,1-2H3,(H,19,22). The molecular weight excluding hydrogens is 346 g/mol. The lowest BCUT2D eigenvalue weighted by Crippen LogP contribution is -2.32. The predicted molar refractivity (Wildman–Crippen MR) is 96.7 cm³/mol. The lowest BCUT2D eigenvalue weighted by Gasteiger charge is -2.08. The summed E-state index contributed by atoms with van der Waals surface area (Å²) in [6.45, 7) is 4.11. The maximum absolute atomic E-state index is 12.6. The van der Waals surface area contributed by atoms with Gasteiger partial charge < -0.3 is 5.32 Å². The molecule has 0 aliphatic rings. The Balaban J connectivity index is 1.76. The average molecular weight is 362 g/mol. The lowest BCUT2D eigenvalue weighted by atomic mass is 10.2. The molecule has 0 fully saturated rings. The van der Waals surface area contributed by atoms with Gasteiger partial charge in [-0.1, -0.05) is 29.8 Å². The highest BCUT2D eigenvalue weighted by molar-refractivity contribution is 7.18. The van der Waals surface area contributed by atoms with E-state index in [9.17, 15) is 9.59 Å². The minimum atomic E-state index is -0.261. The van der Waals surface area contributed by atoms with E-state index in [4.69, 9.17) is 11.6 Å². The van der Waals surface area contributed by atoms with E-state index in [1.165, 1.54) is 22.2 Å². The Labute approximate surface area is 147 Å². The van der Waals surface area contributed by atoms with Gasteiger partial charge in [0, 0.05) is 16.4 Å². The quantitative estimate of drug-likeness (QED) is 0.776. The number of aromatic nitrogens is 2. The van der Waals surface area contributed by atoms with Gasteiger partial charge in [-0.25, -0.2) is 4.98 Å². The topological polar surface area (TPSA) is 64.0 Å². The average Bonchev–Trinajstić information content (AvgIpc) is 2.85. The Morgan fingerprint density at radius 3 is 2.83 bits per heavy atom. The smallest absolute Gasteiger partial charge is 0.262 e. The molecule has 0 atom stereocenters. The summed E-state index contributed by atoms with van der Waals surface area (Å²) in [4.78, 5) is 30.8. The van der Waals surface area contributed by atoms with E-state index in [0.717, 1.165) is 16.0 Å². The zero-order chi connectivity index (χ0) is 17.3.